The van der Waals surface area contributed by atoms with Gasteiger partial charge in [-0.05, 0) is 37.3 Å². The number of aromatic nitrogens is 4. The summed E-state index contributed by atoms with van der Waals surface area (Å²) >= 11 is 6.38. The van der Waals surface area contributed by atoms with Crippen molar-refractivity contribution in [3.63, 3.8) is 0 Å². The molecule has 0 aliphatic rings. The average Bonchev–Trinajstić information content (AvgIpc) is 3.09. The lowest BCUT2D eigenvalue weighted by molar-refractivity contribution is 0.0950. The quantitative estimate of drug-likeness (QED) is 0.438. The van der Waals surface area contributed by atoms with Crippen LogP contribution in [0.3, 0.4) is 0 Å². The van der Waals surface area contributed by atoms with E-state index < -0.39 is 0 Å². The largest absolute Gasteiger partial charge is 0.454 e. The van der Waals surface area contributed by atoms with Gasteiger partial charge < -0.3 is 10.1 Å². The number of nitrogens with zero attached hydrogens (tertiary/aromatic N) is 4. The van der Waals surface area contributed by atoms with Crippen molar-refractivity contribution in [1.29, 1.82) is 5.26 Å². The summed E-state index contributed by atoms with van der Waals surface area (Å²) in [4.78, 5) is 24.5. The van der Waals surface area contributed by atoms with Crippen molar-refractivity contribution in [1.82, 2.24) is 25.3 Å². The number of hydrogen-bond donors (Lipinski definition) is 2. The van der Waals surface area contributed by atoms with E-state index in [4.69, 9.17) is 16.3 Å². The molecule has 0 aliphatic heterocycles. The van der Waals surface area contributed by atoms with Crippen LogP contribution < -0.4 is 15.6 Å². The third-order valence-electron chi connectivity index (χ3n) is 5.36. The van der Waals surface area contributed by atoms with Crippen molar-refractivity contribution in [3.05, 3.63) is 92.6 Å². The number of aromatic amines is 1. The second kappa shape index (κ2) is 9.60. The van der Waals surface area contributed by atoms with Crippen molar-refractivity contribution in [2.75, 3.05) is 0 Å². The molecule has 0 radical (unpaired) electrons. The Morgan fingerprint density at radius 2 is 2.06 bits per heavy atom. The van der Waals surface area contributed by atoms with Crippen LogP contribution in [-0.4, -0.2) is 25.9 Å². The van der Waals surface area contributed by atoms with Crippen molar-refractivity contribution in [2.24, 2.45) is 7.05 Å². The highest BCUT2D eigenvalue weighted by molar-refractivity contribution is 6.32. The predicted molar refractivity (Wildman–Crippen MR) is 126 cm³/mol. The van der Waals surface area contributed by atoms with E-state index in [0.29, 0.717) is 28.0 Å². The first-order valence-electron chi connectivity index (χ1n) is 10.2. The van der Waals surface area contributed by atoms with Crippen LogP contribution in [0.4, 0.5) is 0 Å². The summed E-state index contributed by atoms with van der Waals surface area (Å²) < 4.78 is 7.52. The van der Waals surface area contributed by atoms with Crippen LogP contribution in [0.25, 0.3) is 11.1 Å². The maximum Gasteiger partial charge on any atom is 0.269 e. The minimum absolute atomic E-state index is 0.0822. The SMILES string of the molecule is Cc1c(CNC(=O)c2ccc(Oc3cccc(-c4ccnnc4)c3C#N)c(Cl)c2)c(=O)[nH]n1C. The lowest BCUT2D eigenvalue weighted by atomic mass is 10.0. The molecule has 34 heavy (non-hydrogen) atoms. The minimum Gasteiger partial charge on any atom is -0.454 e. The summed E-state index contributed by atoms with van der Waals surface area (Å²) in [7, 11) is 1.72. The Morgan fingerprint density at radius 1 is 1.24 bits per heavy atom. The minimum atomic E-state index is -0.388. The van der Waals surface area contributed by atoms with Gasteiger partial charge in [0.2, 0.25) is 0 Å². The van der Waals surface area contributed by atoms with Crippen molar-refractivity contribution in [3.8, 4) is 28.7 Å². The number of amides is 1. The summed E-state index contributed by atoms with van der Waals surface area (Å²) in [5, 5.41) is 22.9. The number of aryl methyl sites for hydroxylation is 1. The van der Waals surface area contributed by atoms with Gasteiger partial charge in [0.15, 0.2) is 0 Å². The zero-order valence-electron chi connectivity index (χ0n) is 18.3. The molecule has 10 heteroatoms. The molecule has 9 nitrogen and oxygen atoms in total. The molecule has 0 bridgehead atoms. The molecular formula is C24H19ClN6O3. The monoisotopic (exact) mass is 474 g/mol. The summed E-state index contributed by atoms with van der Waals surface area (Å²) in [5.41, 5.74) is 2.97. The van der Waals surface area contributed by atoms with Gasteiger partial charge in [0.25, 0.3) is 11.5 Å². The van der Waals surface area contributed by atoms with Crippen LogP contribution in [0.15, 0.2) is 59.7 Å². The molecule has 2 aromatic carbocycles. The second-order valence-corrected chi connectivity index (χ2v) is 7.82. The molecule has 0 saturated heterocycles. The van der Waals surface area contributed by atoms with Gasteiger partial charge in [-0.15, -0.1) is 0 Å². The summed E-state index contributed by atoms with van der Waals surface area (Å²) in [5.74, 6) is 0.214. The summed E-state index contributed by atoms with van der Waals surface area (Å²) in [6.45, 7) is 1.87. The number of benzene rings is 2. The van der Waals surface area contributed by atoms with Crippen LogP contribution in [0.2, 0.25) is 5.02 Å². The van der Waals surface area contributed by atoms with Crippen LogP contribution in [0.1, 0.15) is 27.2 Å². The Bertz CT molecular complexity index is 1470. The molecule has 0 atom stereocenters. The van der Waals surface area contributed by atoms with Gasteiger partial charge in [0, 0.05) is 29.4 Å². The smallest absolute Gasteiger partial charge is 0.269 e. The van der Waals surface area contributed by atoms with Gasteiger partial charge >= 0.3 is 0 Å². The molecule has 2 aromatic heterocycles. The molecule has 4 aromatic rings. The Morgan fingerprint density at radius 3 is 2.71 bits per heavy atom. The van der Waals surface area contributed by atoms with E-state index in [9.17, 15) is 14.9 Å². The van der Waals surface area contributed by atoms with Gasteiger partial charge in [-0.25, -0.2) is 0 Å². The second-order valence-electron chi connectivity index (χ2n) is 7.42. The number of nitriles is 1. The molecule has 0 aliphatic carbocycles. The van der Waals surface area contributed by atoms with Crippen LogP contribution in [-0.2, 0) is 13.6 Å². The average molecular weight is 475 g/mol. The number of hydrogen-bond acceptors (Lipinski definition) is 6. The van der Waals surface area contributed by atoms with Crippen molar-refractivity contribution in [2.45, 2.75) is 13.5 Å². The van der Waals surface area contributed by atoms with Gasteiger partial charge in [-0.3, -0.25) is 19.4 Å². The summed E-state index contributed by atoms with van der Waals surface area (Å²) in [6.07, 6.45) is 3.10. The molecule has 4 rings (SSSR count). The highest BCUT2D eigenvalue weighted by atomic mass is 35.5. The fourth-order valence-electron chi connectivity index (χ4n) is 3.41. The highest BCUT2D eigenvalue weighted by Crippen LogP contribution is 2.35. The number of nitrogens with one attached hydrogen (secondary N) is 2. The number of carbonyl (C=O) groups excluding carboxylic acids is 1. The number of ether oxygens (including phenoxy) is 1. The van der Waals surface area contributed by atoms with Gasteiger partial charge in [0.1, 0.15) is 23.1 Å². The number of rotatable bonds is 6. The first-order chi connectivity index (χ1) is 16.4. The zero-order valence-corrected chi connectivity index (χ0v) is 19.1. The van der Waals surface area contributed by atoms with Crippen molar-refractivity contribution < 1.29 is 9.53 Å². The standard InChI is InChI=1S/C24H19ClN6O3/c1-14-19(24(33)30-31(14)2)13-27-23(32)15-6-7-22(20(25)10-15)34-21-5-3-4-17(18(21)11-26)16-8-9-28-29-12-16/h3-10,12H,13H2,1-2H3,(H,27,32)(H,30,33). The maximum absolute atomic E-state index is 12.6. The Hall–Kier alpha value is -4.42. The number of H-pyrrole nitrogens is 1. The predicted octanol–water partition coefficient (Wildman–Crippen LogP) is 3.73. The van der Waals surface area contributed by atoms with E-state index in [2.05, 4.69) is 26.7 Å². The van der Waals surface area contributed by atoms with E-state index in [0.717, 1.165) is 11.3 Å². The normalized spacial score (nSPS) is 10.5. The fraction of sp³-hybridized carbons (Fsp3) is 0.125. The van der Waals surface area contributed by atoms with Gasteiger partial charge in [0.05, 0.1) is 29.5 Å². The van der Waals surface area contributed by atoms with E-state index >= 15 is 0 Å². The molecule has 0 unspecified atom stereocenters. The van der Waals surface area contributed by atoms with E-state index in [-0.39, 0.29) is 28.8 Å². The summed E-state index contributed by atoms with van der Waals surface area (Å²) in [6, 6.07) is 13.7. The lowest BCUT2D eigenvalue weighted by Gasteiger charge is -2.13. The number of halogens is 1. The molecule has 170 valence electrons. The molecule has 2 N–H and O–H groups in total. The van der Waals surface area contributed by atoms with E-state index in [1.165, 1.54) is 6.07 Å². The van der Waals surface area contributed by atoms with Crippen LogP contribution in [0, 0.1) is 18.3 Å². The highest BCUT2D eigenvalue weighted by Gasteiger charge is 2.16. The zero-order chi connectivity index (χ0) is 24.2. The first-order valence-corrected chi connectivity index (χ1v) is 10.6. The fourth-order valence-corrected chi connectivity index (χ4v) is 3.63. The molecular weight excluding hydrogens is 456 g/mol. The molecule has 1 amide bonds. The third-order valence-corrected chi connectivity index (χ3v) is 5.65. The topological polar surface area (TPSA) is 126 Å². The molecule has 0 saturated carbocycles. The molecule has 2 heterocycles. The first kappa shape index (κ1) is 22.8. The van der Waals surface area contributed by atoms with Crippen LogP contribution >= 0.6 is 11.6 Å². The Kier molecular flexibility index (Phi) is 6.43. The lowest BCUT2D eigenvalue weighted by Crippen LogP contribution is -2.25. The van der Waals surface area contributed by atoms with Crippen LogP contribution in [0.5, 0.6) is 11.5 Å². The van der Waals surface area contributed by atoms with Gasteiger partial charge in [-0.2, -0.15) is 15.5 Å². The molecule has 0 spiro atoms. The Balaban J connectivity index is 1.54. The maximum atomic E-state index is 12.6. The third kappa shape index (κ3) is 4.53. The van der Waals surface area contributed by atoms with E-state index in [1.807, 2.05) is 0 Å². The molecule has 0 fully saturated rings. The van der Waals surface area contributed by atoms with Gasteiger partial charge in [-0.1, -0.05) is 23.7 Å². The van der Waals surface area contributed by atoms with E-state index in [1.54, 1.807) is 67.4 Å². The Labute approximate surface area is 199 Å². The number of carbonyl (C=O) groups is 1. The van der Waals surface area contributed by atoms with Crippen molar-refractivity contribution >= 4 is 17.5 Å².